The Labute approximate surface area is 170 Å². The number of hydrogen-bond acceptors (Lipinski definition) is 4. The molecule has 1 N–H and O–H groups in total. The van der Waals surface area contributed by atoms with Gasteiger partial charge in [0.1, 0.15) is 5.69 Å². The first kappa shape index (κ1) is 20.2. The minimum Gasteiger partial charge on any atom is -0.493 e. The van der Waals surface area contributed by atoms with Gasteiger partial charge in [-0.25, -0.2) is 4.68 Å². The molecule has 2 aromatic carbocycles. The smallest absolute Gasteiger partial charge is 0.244 e. The maximum absolute atomic E-state index is 12.0. The van der Waals surface area contributed by atoms with Gasteiger partial charge in [-0.1, -0.05) is 25.1 Å². The Morgan fingerprint density at radius 3 is 2.55 bits per heavy atom. The van der Waals surface area contributed by atoms with Crippen LogP contribution in [0.5, 0.6) is 11.5 Å². The molecular weight excluding hydrogens is 366 g/mol. The van der Waals surface area contributed by atoms with E-state index >= 15 is 0 Å². The third-order valence-corrected chi connectivity index (χ3v) is 4.38. The molecule has 6 nitrogen and oxygen atoms in total. The third-order valence-electron chi connectivity index (χ3n) is 4.38. The second-order valence-corrected chi connectivity index (χ2v) is 6.41. The van der Waals surface area contributed by atoms with Crippen molar-refractivity contribution >= 4 is 12.0 Å². The summed E-state index contributed by atoms with van der Waals surface area (Å²) in [5.74, 6) is 1.14. The van der Waals surface area contributed by atoms with Gasteiger partial charge in [-0.2, -0.15) is 5.10 Å². The fraction of sp³-hybridized carbons (Fsp3) is 0.217. The minimum atomic E-state index is -0.127. The van der Waals surface area contributed by atoms with Gasteiger partial charge in [-0.3, -0.25) is 4.79 Å². The Kier molecular flexibility index (Phi) is 6.68. The van der Waals surface area contributed by atoms with E-state index in [4.69, 9.17) is 14.6 Å². The van der Waals surface area contributed by atoms with Crippen LogP contribution in [0.1, 0.15) is 18.9 Å². The number of rotatable bonds is 8. The molecule has 0 unspecified atom stereocenters. The number of nitrogens with one attached hydrogen (secondary N) is 1. The van der Waals surface area contributed by atoms with Crippen LogP contribution in [0.15, 0.2) is 60.8 Å². The van der Waals surface area contributed by atoms with Gasteiger partial charge in [0.2, 0.25) is 5.91 Å². The summed E-state index contributed by atoms with van der Waals surface area (Å²) in [4.78, 5) is 12.0. The van der Waals surface area contributed by atoms with E-state index in [1.807, 2.05) is 61.7 Å². The van der Waals surface area contributed by atoms with Gasteiger partial charge in [-0.05, 0) is 42.8 Å². The van der Waals surface area contributed by atoms with Gasteiger partial charge in [0.15, 0.2) is 11.5 Å². The number of benzene rings is 2. The van der Waals surface area contributed by atoms with Crippen LogP contribution < -0.4 is 14.8 Å². The Bertz CT molecular complexity index is 994. The van der Waals surface area contributed by atoms with Crippen molar-refractivity contribution in [3.8, 4) is 28.4 Å². The highest BCUT2D eigenvalue weighted by Crippen LogP contribution is 2.33. The lowest BCUT2D eigenvalue weighted by atomic mass is 10.1. The predicted molar refractivity (Wildman–Crippen MR) is 114 cm³/mol. The highest BCUT2D eigenvalue weighted by Gasteiger charge is 2.14. The lowest BCUT2D eigenvalue weighted by Crippen LogP contribution is -2.21. The molecule has 0 spiro atoms. The zero-order valence-corrected chi connectivity index (χ0v) is 16.9. The van der Waals surface area contributed by atoms with E-state index in [-0.39, 0.29) is 5.91 Å². The van der Waals surface area contributed by atoms with E-state index in [0.717, 1.165) is 28.9 Å². The maximum atomic E-state index is 12.0. The molecule has 1 amide bonds. The van der Waals surface area contributed by atoms with Gasteiger partial charge in [-0.15, -0.1) is 0 Å². The fourth-order valence-electron chi connectivity index (χ4n) is 2.90. The molecule has 0 aliphatic heterocycles. The number of carbonyl (C=O) groups is 1. The summed E-state index contributed by atoms with van der Waals surface area (Å²) in [5, 5.41) is 7.60. The molecule has 0 aliphatic rings. The molecule has 3 aromatic rings. The van der Waals surface area contributed by atoms with Gasteiger partial charge in [0.05, 0.1) is 19.9 Å². The standard InChI is InChI=1S/C23H25N3O3/c1-4-14-24-22(27)13-11-18-16-26(19-8-6-5-7-9-19)25-23(18)17-10-12-20(28-2)21(15-17)29-3/h5-13,15-16H,4,14H2,1-3H3,(H,24,27)/b13-11+. The first-order valence-corrected chi connectivity index (χ1v) is 9.49. The number of para-hydroxylation sites is 1. The Morgan fingerprint density at radius 2 is 1.86 bits per heavy atom. The van der Waals surface area contributed by atoms with Crippen molar-refractivity contribution < 1.29 is 14.3 Å². The summed E-state index contributed by atoms with van der Waals surface area (Å²) < 4.78 is 12.6. The fourth-order valence-corrected chi connectivity index (χ4v) is 2.90. The molecule has 0 saturated heterocycles. The second kappa shape index (κ2) is 9.59. The molecule has 0 saturated carbocycles. The molecule has 0 radical (unpaired) electrons. The van der Waals surface area contributed by atoms with Gasteiger partial charge >= 0.3 is 0 Å². The van der Waals surface area contributed by atoms with Crippen LogP contribution in [0, 0.1) is 0 Å². The Morgan fingerprint density at radius 1 is 1.10 bits per heavy atom. The van der Waals surface area contributed by atoms with Crippen molar-refractivity contribution in [2.45, 2.75) is 13.3 Å². The zero-order chi connectivity index (χ0) is 20.6. The molecular formula is C23H25N3O3. The van der Waals surface area contributed by atoms with E-state index in [2.05, 4.69) is 5.32 Å². The maximum Gasteiger partial charge on any atom is 0.244 e. The summed E-state index contributed by atoms with van der Waals surface area (Å²) in [5.41, 5.74) is 3.37. The SMILES string of the molecule is CCCNC(=O)/C=C/c1cn(-c2ccccc2)nc1-c1ccc(OC)c(OC)c1. The van der Waals surface area contributed by atoms with Crippen LogP contribution in [0.2, 0.25) is 0 Å². The first-order valence-electron chi connectivity index (χ1n) is 9.49. The molecule has 29 heavy (non-hydrogen) atoms. The predicted octanol–water partition coefficient (Wildman–Crippen LogP) is 4.10. The Balaban J connectivity index is 2.03. The molecule has 3 rings (SSSR count). The quantitative estimate of drug-likeness (QED) is 0.587. The zero-order valence-electron chi connectivity index (χ0n) is 16.9. The average molecular weight is 391 g/mol. The molecule has 6 heteroatoms. The number of methoxy groups -OCH3 is 2. The lowest BCUT2D eigenvalue weighted by Gasteiger charge is -2.09. The van der Waals surface area contributed by atoms with E-state index in [1.54, 1.807) is 25.0 Å². The van der Waals surface area contributed by atoms with Gasteiger partial charge in [0, 0.05) is 29.9 Å². The first-order chi connectivity index (χ1) is 14.2. The molecule has 0 aliphatic carbocycles. The summed E-state index contributed by atoms with van der Waals surface area (Å²) >= 11 is 0. The summed E-state index contributed by atoms with van der Waals surface area (Å²) in [6.07, 6.45) is 6.11. The molecule has 1 aromatic heterocycles. The number of carbonyl (C=O) groups excluding carboxylic acids is 1. The molecule has 150 valence electrons. The van der Waals surface area contributed by atoms with Crippen molar-refractivity contribution in [1.29, 1.82) is 0 Å². The molecule has 1 heterocycles. The van der Waals surface area contributed by atoms with Crippen LogP contribution in [-0.4, -0.2) is 36.5 Å². The van der Waals surface area contributed by atoms with E-state index in [0.29, 0.717) is 18.0 Å². The summed E-state index contributed by atoms with van der Waals surface area (Å²) in [6, 6.07) is 15.5. The highest BCUT2D eigenvalue weighted by molar-refractivity contribution is 5.92. The van der Waals surface area contributed by atoms with Crippen molar-refractivity contribution in [2.24, 2.45) is 0 Å². The largest absolute Gasteiger partial charge is 0.493 e. The van der Waals surface area contributed by atoms with Crippen LogP contribution in [0.25, 0.3) is 23.0 Å². The molecule has 0 fully saturated rings. The lowest BCUT2D eigenvalue weighted by molar-refractivity contribution is -0.116. The molecule has 0 atom stereocenters. The third kappa shape index (κ3) is 4.85. The molecule has 0 bridgehead atoms. The van der Waals surface area contributed by atoms with Gasteiger partial charge in [0.25, 0.3) is 0 Å². The number of nitrogens with zero attached hydrogens (tertiary/aromatic N) is 2. The van der Waals surface area contributed by atoms with Gasteiger partial charge < -0.3 is 14.8 Å². The monoisotopic (exact) mass is 391 g/mol. The van der Waals surface area contributed by atoms with Crippen LogP contribution in [0.3, 0.4) is 0 Å². The summed E-state index contributed by atoms with van der Waals surface area (Å²) in [7, 11) is 3.20. The van der Waals surface area contributed by atoms with E-state index < -0.39 is 0 Å². The topological polar surface area (TPSA) is 65.4 Å². The van der Waals surface area contributed by atoms with E-state index in [1.165, 1.54) is 6.08 Å². The second-order valence-electron chi connectivity index (χ2n) is 6.41. The van der Waals surface area contributed by atoms with Crippen molar-refractivity contribution in [3.05, 3.63) is 66.4 Å². The highest BCUT2D eigenvalue weighted by atomic mass is 16.5. The number of ether oxygens (including phenoxy) is 2. The van der Waals surface area contributed by atoms with Crippen LogP contribution in [-0.2, 0) is 4.79 Å². The van der Waals surface area contributed by atoms with E-state index in [9.17, 15) is 4.79 Å². The van der Waals surface area contributed by atoms with Crippen molar-refractivity contribution in [1.82, 2.24) is 15.1 Å². The number of hydrogen-bond donors (Lipinski definition) is 1. The average Bonchev–Trinajstić information content (AvgIpc) is 3.20. The normalized spacial score (nSPS) is 10.9. The van der Waals surface area contributed by atoms with Crippen LogP contribution >= 0.6 is 0 Å². The minimum absolute atomic E-state index is 0.127. The van der Waals surface area contributed by atoms with Crippen molar-refractivity contribution in [3.63, 3.8) is 0 Å². The van der Waals surface area contributed by atoms with Crippen molar-refractivity contribution in [2.75, 3.05) is 20.8 Å². The number of aromatic nitrogens is 2. The van der Waals surface area contributed by atoms with Crippen LogP contribution in [0.4, 0.5) is 0 Å². The summed E-state index contributed by atoms with van der Waals surface area (Å²) in [6.45, 7) is 2.66. The Hall–Kier alpha value is -3.54. The number of amides is 1.